The highest BCUT2D eigenvalue weighted by Crippen LogP contribution is 2.22. The second kappa shape index (κ2) is 8.02. The maximum atomic E-state index is 12.2. The first kappa shape index (κ1) is 18.1. The van der Waals surface area contributed by atoms with Gasteiger partial charge in [0.1, 0.15) is 5.60 Å². The predicted molar refractivity (Wildman–Crippen MR) is 93.7 cm³/mol. The Kier molecular flexibility index (Phi) is 6.31. The number of carbonyl (C=O) groups is 1. The van der Waals surface area contributed by atoms with Gasteiger partial charge in [-0.1, -0.05) is 23.7 Å². The molecule has 128 valence electrons. The minimum absolute atomic E-state index is 0.185. The van der Waals surface area contributed by atoms with Crippen LogP contribution in [0.15, 0.2) is 24.3 Å². The van der Waals surface area contributed by atoms with Crippen molar-refractivity contribution in [2.75, 3.05) is 13.1 Å². The Bertz CT molecular complexity index is 528. The zero-order valence-corrected chi connectivity index (χ0v) is 15.0. The van der Waals surface area contributed by atoms with Gasteiger partial charge in [-0.3, -0.25) is 0 Å². The highest BCUT2D eigenvalue weighted by Gasteiger charge is 2.31. The molecule has 1 heterocycles. The second-order valence-electron chi connectivity index (χ2n) is 7.07. The molecule has 0 radical (unpaired) electrons. The molecule has 1 atom stereocenters. The number of hydrogen-bond acceptors (Lipinski definition) is 3. The van der Waals surface area contributed by atoms with Crippen LogP contribution in [0, 0.1) is 0 Å². The topological polar surface area (TPSA) is 41.6 Å². The van der Waals surface area contributed by atoms with Crippen LogP contribution in [0.2, 0.25) is 5.02 Å². The lowest BCUT2D eigenvalue weighted by Crippen LogP contribution is -2.40. The molecular weight excluding hydrogens is 312 g/mol. The number of benzene rings is 1. The van der Waals surface area contributed by atoms with E-state index in [0.29, 0.717) is 0 Å². The first-order valence-corrected chi connectivity index (χ1v) is 8.68. The zero-order valence-electron chi connectivity index (χ0n) is 14.3. The van der Waals surface area contributed by atoms with Crippen LogP contribution >= 0.6 is 11.6 Å². The number of nitrogens with zero attached hydrogens (tertiary/aromatic N) is 1. The summed E-state index contributed by atoms with van der Waals surface area (Å²) in [6, 6.07) is 8.14. The summed E-state index contributed by atoms with van der Waals surface area (Å²) in [4.78, 5) is 14.1. The summed E-state index contributed by atoms with van der Waals surface area (Å²) in [6.07, 6.45) is 2.87. The Morgan fingerprint density at radius 3 is 2.91 bits per heavy atom. The van der Waals surface area contributed by atoms with Crippen molar-refractivity contribution in [2.24, 2.45) is 0 Å². The Morgan fingerprint density at radius 1 is 1.43 bits per heavy atom. The highest BCUT2D eigenvalue weighted by molar-refractivity contribution is 6.30. The summed E-state index contributed by atoms with van der Waals surface area (Å²) >= 11 is 5.98. The molecule has 1 aliphatic rings. The minimum Gasteiger partial charge on any atom is -0.444 e. The Morgan fingerprint density at radius 2 is 2.22 bits per heavy atom. The summed E-state index contributed by atoms with van der Waals surface area (Å²) in [6.45, 7) is 8.18. The van der Waals surface area contributed by atoms with Crippen LogP contribution in [0.5, 0.6) is 0 Å². The third kappa shape index (κ3) is 6.04. The summed E-state index contributed by atoms with van der Waals surface area (Å²) in [7, 11) is 0. The van der Waals surface area contributed by atoms with Gasteiger partial charge in [0.2, 0.25) is 0 Å². The van der Waals surface area contributed by atoms with Gasteiger partial charge in [-0.25, -0.2) is 4.79 Å². The van der Waals surface area contributed by atoms with Gasteiger partial charge in [-0.05, 0) is 64.3 Å². The van der Waals surface area contributed by atoms with Gasteiger partial charge in [0, 0.05) is 24.2 Å². The fourth-order valence-corrected chi connectivity index (χ4v) is 3.06. The average Bonchev–Trinajstić information content (AvgIpc) is 2.90. The molecule has 1 N–H and O–H groups in total. The van der Waals surface area contributed by atoms with E-state index in [1.807, 2.05) is 43.9 Å². The molecule has 0 aromatic heterocycles. The summed E-state index contributed by atoms with van der Waals surface area (Å²) in [5, 5.41) is 4.19. The van der Waals surface area contributed by atoms with E-state index in [4.69, 9.17) is 16.3 Å². The monoisotopic (exact) mass is 338 g/mol. The van der Waals surface area contributed by atoms with Crippen LogP contribution in [0.4, 0.5) is 4.79 Å². The van der Waals surface area contributed by atoms with Crippen LogP contribution in [0.3, 0.4) is 0 Å². The number of carbonyl (C=O) groups excluding carboxylic acids is 1. The molecule has 0 saturated carbocycles. The molecule has 5 heteroatoms. The number of likely N-dealkylation sites (tertiary alicyclic amines) is 1. The average molecular weight is 339 g/mol. The molecule has 1 fully saturated rings. The number of rotatable bonds is 5. The molecule has 1 saturated heterocycles. The Balaban J connectivity index is 1.75. The van der Waals surface area contributed by atoms with E-state index < -0.39 is 5.60 Å². The Hall–Kier alpha value is -1.26. The standard InChI is InChI=1S/C18H27ClN2O2/c1-18(2,3)23-17(22)21-11-5-8-16(21)9-10-20-13-14-6-4-7-15(19)12-14/h4,6-7,12,16,20H,5,8-11,13H2,1-3H3. The minimum atomic E-state index is -0.435. The third-order valence-electron chi connectivity index (χ3n) is 3.88. The van der Waals surface area contributed by atoms with Crippen molar-refractivity contribution in [1.29, 1.82) is 0 Å². The van der Waals surface area contributed by atoms with Crippen molar-refractivity contribution in [1.82, 2.24) is 10.2 Å². The molecule has 23 heavy (non-hydrogen) atoms. The van der Waals surface area contributed by atoms with Gasteiger partial charge < -0.3 is 15.0 Å². The molecule has 0 aliphatic carbocycles. The molecule has 1 amide bonds. The van der Waals surface area contributed by atoms with Gasteiger partial charge >= 0.3 is 6.09 Å². The zero-order chi connectivity index (χ0) is 16.9. The van der Waals surface area contributed by atoms with Crippen molar-refractivity contribution in [2.45, 2.75) is 58.2 Å². The van der Waals surface area contributed by atoms with E-state index in [0.717, 1.165) is 43.9 Å². The SMILES string of the molecule is CC(C)(C)OC(=O)N1CCCC1CCNCc1cccc(Cl)c1. The number of nitrogens with one attached hydrogen (secondary N) is 1. The molecule has 1 aliphatic heterocycles. The molecule has 4 nitrogen and oxygen atoms in total. The first-order valence-electron chi connectivity index (χ1n) is 8.30. The van der Waals surface area contributed by atoms with Gasteiger partial charge in [-0.2, -0.15) is 0 Å². The maximum absolute atomic E-state index is 12.2. The smallest absolute Gasteiger partial charge is 0.410 e. The van der Waals surface area contributed by atoms with Crippen LogP contribution < -0.4 is 5.32 Å². The number of halogens is 1. The summed E-state index contributed by atoms with van der Waals surface area (Å²) in [5.41, 5.74) is 0.739. The molecule has 2 rings (SSSR count). The lowest BCUT2D eigenvalue weighted by atomic mass is 10.1. The fourth-order valence-electron chi connectivity index (χ4n) is 2.85. The number of ether oxygens (including phenoxy) is 1. The number of hydrogen-bond donors (Lipinski definition) is 1. The largest absolute Gasteiger partial charge is 0.444 e. The molecule has 0 bridgehead atoms. The van der Waals surface area contributed by atoms with E-state index in [2.05, 4.69) is 11.4 Å². The van der Waals surface area contributed by atoms with Crippen molar-refractivity contribution in [3.05, 3.63) is 34.9 Å². The van der Waals surface area contributed by atoms with E-state index in [1.54, 1.807) is 0 Å². The summed E-state index contributed by atoms with van der Waals surface area (Å²) < 4.78 is 5.49. The van der Waals surface area contributed by atoms with Crippen LogP contribution in [0.1, 0.15) is 45.6 Å². The van der Waals surface area contributed by atoms with Gasteiger partial charge in [0.05, 0.1) is 0 Å². The molecule has 1 unspecified atom stereocenters. The van der Waals surface area contributed by atoms with E-state index in [9.17, 15) is 4.79 Å². The lowest BCUT2D eigenvalue weighted by molar-refractivity contribution is 0.0220. The van der Waals surface area contributed by atoms with Crippen molar-refractivity contribution >= 4 is 17.7 Å². The third-order valence-corrected chi connectivity index (χ3v) is 4.11. The van der Waals surface area contributed by atoms with Gasteiger partial charge in [0.25, 0.3) is 0 Å². The van der Waals surface area contributed by atoms with Crippen LogP contribution in [0.25, 0.3) is 0 Å². The molecular formula is C18H27ClN2O2. The summed E-state index contributed by atoms with van der Waals surface area (Å²) in [5.74, 6) is 0. The first-order chi connectivity index (χ1) is 10.8. The van der Waals surface area contributed by atoms with Crippen molar-refractivity contribution in [3.63, 3.8) is 0 Å². The quantitative estimate of drug-likeness (QED) is 0.817. The fraction of sp³-hybridized carbons (Fsp3) is 0.611. The van der Waals surface area contributed by atoms with Crippen molar-refractivity contribution in [3.8, 4) is 0 Å². The van der Waals surface area contributed by atoms with E-state index in [1.165, 1.54) is 5.56 Å². The van der Waals surface area contributed by atoms with Crippen molar-refractivity contribution < 1.29 is 9.53 Å². The Labute approximate surface area is 144 Å². The van der Waals surface area contributed by atoms with E-state index >= 15 is 0 Å². The van der Waals surface area contributed by atoms with Crippen LogP contribution in [-0.2, 0) is 11.3 Å². The van der Waals surface area contributed by atoms with E-state index in [-0.39, 0.29) is 12.1 Å². The number of amides is 1. The maximum Gasteiger partial charge on any atom is 0.410 e. The molecule has 1 aromatic rings. The lowest BCUT2D eigenvalue weighted by Gasteiger charge is -2.28. The second-order valence-corrected chi connectivity index (χ2v) is 7.50. The van der Waals surface area contributed by atoms with Crippen LogP contribution in [-0.4, -0.2) is 35.7 Å². The van der Waals surface area contributed by atoms with Gasteiger partial charge in [0.15, 0.2) is 0 Å². The van der Waals surface area contributed by atoms with Gasteiger partial charge in [-0.15, -0.1) is 0 Å². The molecule has 0 spiro atoms. The predicted octanol–water partition coefficient (Wildman–Crippen LogP) is 4.22. The molecule has 1 aromatic carbocycles. The normalized spacial score (nSPS) is 18.3. The highest BCUT2D eigenvalue weighted by atomic mass is 35.5.